The third kappa shape index (κ3) is 5.99. The van der Waals surface area contributed by atoms with Gasteiger partial charge in [0.1, 0.15) is 5.75 Å². The number of aromatic nitrogens is 1. The average Bonchev–Trinajstić information content (AvgIpc) is 2.87. The number of hydrogen-bond donors (Lipinski definition) is 1. The van der Waals surface area contributed by atoms with Gasteiger partial charge in [-0.2, -0.15) is 0 Å². The molecule has 1 aromatic carbocycles. The van der Waals surface area contributed by atoms with Gasteiger partial charge in [-0.3, -0.25) is 9.59 Å². The number of aromatic amines is 1. The summed E-state index contributed by atoms with van der Waals surface area (Å²) in [4.78, 5) is 26.9. The van der Waals surface area contributed by atoms with Gasteiger partial charge in [-0.05, 0) is 36.1 Å². The number of hydrogen-bond acceptors (Lipinski definition) is 4. The molecule has 0 radical (unpaired) electrons. The lowest BCUT2D eigenvalue weighted by Gasteiger charge is -2.12. The summed E-state index contributed by atoms with van der Waals surface area (Å²) in [5.74, 6) is 1.43. The van der Waals surface area contributed by atoms with Crippen LogP contribution < -0.4 is 19.5 Å². The van der Waals surface area contributed by atoms with Gasteiger partial charge in [0.25, 0.3) is 5.56 Å². The molecule has 5 heteroatoms. The summed E-state index contributed by atoms with van der Waals surface area (Å²) in [6.07, 6.45) is 4.35. The zero-order valence-electron chi connectivity index (χ0n) is 16.1. The third-order valence-corrected chi connectivity index (χ3v) is 4.79. The molecule has 0 unspecified atom stereocenters. The van der Waals surface area contributed by atoms with E-state index in [1.807, 2.05) is 51.1 Å². The van der Waals surface area contributed by atoms with E-state index in [9.17, 15) is 9.59 Å². The first-order valence-corrected chi connectivity index (χ1v) is 9.66. The molecule has 2 rings (SSSR count). The highest BCUT2D eigenvalue weighted by molar-refractivity contribution is 7.07. The van der Waals surface area contributed by atoms with Gasteiger partial charge >= 0.3 is 0 Å². The summed E-state index contributed by atoms with van der Waals surface area (Å²) in [7, 11) is 0. The summed E-state index contributed by atoms with van der Waals surface area (Å²) >= 11 is 1.29. The molecule has 4 nitrogen and oxygen atoms in total. The maximum Gasteiger partial charge on any atom is 0.266 e. The van der Waals surface area contributed by atoms with Crippen LogP contribution in [0.15, 0.2) is 29.1 Å². The lowest BCUT2D eigenvalue weighted by Crippen LogP contribution is -2.22. The van der Waals surface area contributed by atoms with Crippen LogP contribution >= 0.6 is 11.3 Å². The number of thiazole rings is 1. The molecule has 0 saturated carbocycles. The van der Waals surface area contributed by atoms with Crippen LogP contribution in [0.4, 0.5) is 0 Å². The minimum Gasteiger partial charge on any atom is -0.494 e. The Morgan fingerprint density at radius 2 is 1.88 bits per heavy atom. The fourth-order valence-corrected chi connectivity index (χ4v) is 2.97. The Morgan fingerprint density at radius 1 is 1.23 bits per heavy atom. The van der Waals surface area contributed by atoms with Crippen LogP contribution in [0.1, 0.15) is 46.6 Å². The molecule has 0 saturated heterocycles. The van der Waals surface area contributed by atoms with Crippen molar-refractivity contribution in [2.75, 3.05) is 6.61 Å². The molecule has 140 valence electrons. The number of rotatable bonds is 6. The van der Waals surface area contributed by atoms with E-state index < -0.39 is 5.41 Å². The molecule has 1 N–H and O–H groups in total. The van der Waals surface area contributed by atoms with Crippen molar-refractivity contribution in [2.45, 2.75) is 41.0 Å². The fraction of sp³-hybridized carbons (Fsp3) is 0.429. The van der Waals surface area contributed by atoms with Crippen molar-refractivity contribution in [1.82, 2.24) is 4.98 Å². The van der Waals surface area contributed by atoms with Gasteiger partial charge in [0, 0.05) is 11.5 Å². The second-order valence-electron chi connectivity index (χ2n) is 7.79. The Morgan fingerprint density at radius 3 is 2.46 bits per heavy atom. The molecule has 1 aromatic heterocycles. The van der Waals surface area contributed by atoms with Gasteiger partial charge in [-0.15, -0.1) is 11.3 Å². The topological polar surface area (TPSA) is 59.2 Å². The number of ketones is 1. The molecule has 0 spiro atoms. The largest absolute Gasteiger partial charge is 0.494 e. The summed E-state index contributed by atoms with van der Waals surface area (Å²) in [6, 6.07) is 7.66. The zero-order chi connectivity index (χ0) is 19.3. The Bertz CT molecular complexity index is 912. The minimum atomic E-state index is -0.462. The standard InChI is InChI=1S/C21H27NO3S/c1-14(2)10-11-25-16-8-6-15(7-9-16)12-17-20(24)22-19(26-17)13-18(23)21(3,4)5/h6-9,12-14H,10-11H2,1-5H3,(H,22,24). The van der Waals surface area contributed by atoms with Gasteiger partial charge < -0.3 is 9.72 Å². The van der Waals surface area contributed by atoms with Gasteiger partial charge in [0.05, 0.1) is 15.8 Å². The lowest BCUT2D eigenvalue weighted by molar-refractivity contribution is -0.119. The molecule has 1 heterocycles. The lowest BCUT2D eigenvalue weighted by atomic mass is 9.91. The number of H-pyrrole nitrogens is 1. The Labute approximate surface area is 158 Å². The third-order valence-electron chi connectivity index (χ3n) is 3.82. The van der Waals surface area contributed by atoms with Crippen molar-refractivity contribution in [1.29, 1.82) is 0 Å². The summed E-state index contributed by atoms with van der Waals surface area (Å²) in [5.41, 5.74) is 0.276. The van der Waals surface area contributed by atoms with Crippen molar-refractivity contribution >= 4 is 29.3 Å². The first-order chi connectivity index (χ1) is 12.1. The number of ether oxygens (including phenoxy) is 1. The molecular weight excluding hydrogens is 346 g/mol. The number of nitrogens with one attached hydrogen (secondary N) is 1. The van der Waals surface area contributed by atoms with E-state index in [0.29, 0.717) is 21.7 Å². The monoisotopic (exact) mass is 373 g/mol. The van der Waals surface area contributed by atoms with E-state index in [4.69, 9.17) is 4.74 Å². The van der Waals surface area contributed by atoms with Crippen LogP contribution in [0.3, 0.4) is 0 Å². The van der Waals surface area contributed by atoms with E-state index in [-0.39, 0.29) is 11.3 Å². The van der Waals surface area contributed by atoms with Gasteiger partial charge in [0.2, 0.25) is 0 Å². The van der Waals surface area contributed by atoms with Crippen LogP contribution in [0.5, 0.6) is 5.75 Å². The van der Waals surface area contributed by atoms with E-state index in [1.165, 1.54) is 17.4 Å². The van der Waals surface area contributed by atoms with E-state index in [1.54, 1.807) is 0 Å². The molecule has 2 aromatic rings. The van der Waals surface area contributed by atoms with Crippen molar-refractivity contribution in [3.8, 4) is 5.75 Å². The van der Waals surface area contributed by atoms with Crippen molar-refractivity contribution in [3.63, 3.8) is 0 Å². The van der Waals surface area contributed by atoms with Gasteiger partial charge in [-0.25, -0.2) is 0 Å². The van der Waals surface area contributed by atoms with Crippen molar-refractivity contribution in [2.24, 2.45) is 11.3 Å². The molecular formula is C21H27NO3S. The van der Waals surface area contributed by atoms with Crippen LogP contribution in [0.25, 0.3) is 12.2 Å². The first-order valence-electron chi connectivity index (χ1n) is 8.85. The predicted octanol–water partition coefficient (Wildman–Crippen LogP) is 3.09. The van der Waals surface area contributed by atoms with Crippen LogP contribution in [-0.4, -0.2) is 17.4 Å². The molecule has 0 aliphatic carbocycles. The zero-order valence-corrected chi connectivity index (χ0v) is 16.9. The van der Waals surface area contributed by atoms with Crippen LogP contribution in [0, 0.1) is 11.3 Å². The quantitative estimate of drug-likeness (QED) is 0.846. The van der Waals surface area contributed by atoms with Gasteiger partial charge in [0.15, 0.2) is 5.78 Å². The molecule has 0 fully saturated rings. The van der Waals surface area contributed by atoms with Crippen LogP contribution in [0.2, 0.25) is 0 Å². The molecule has 26 heavy (non-hydrogen) atoms. The maximum absolute atomic E-state index is 12.1. The molecule has 0 aliphatic heterocycles. The highest BCUT2D eigenvalue weighted by atomic mass is 32.1. The predicted molar refractivity (Wildman–Crippen MR) is 108 cm³/mol. The summed E-state index contributed by atoms with van der Waals surface area (Å²) < 4.78 is 6.86. The minimum absolute atomic E-state index is 0.00977. The first kappa shape index (κ1) is 20.2. The second-order valence-corrected chi connectivity index (χ2v) is 8.87. The molecule has 0 atom stereocenters. The smallest absolute Gasteiger partial charge is 0.266 e. The van der Waals surface area contributed by atoms with E-state index in [0.717, 1.165) is 17.7 Å². The average molecular weight is 374 g/mol. The van der Waals surface area contributed by atoms with Crippen molar-refractivity contribution < 1.29 is 9.53 Å². The molecule has 0 aliphatic rings. The number of carbonyl (C=O) groups excluding carboxylic acids is 1. The van der Waals surface area contributed by atoms with Gasteiger partial charge in [-0.1, -0.05) is 46.8 Å². The SMILES string of the molecule is CC(C)CCOc1ccc(C=c2sc(=CC(=O)C(C)(C)C)[nH]c2=O)cc1. The fourth-order valence-electron chi connectivity index (χ4n) is 2.08. The maximum atomic E-state index is 12.1. The van der Waals surface area contributed by atoms with E-state index in [2.05, 4.69) is 18.8 Å². The van der Waals surface area contributed by atoms with Crippen LogP contribution in [-0.2, 0) is 4.79 Å². The second kappa shape index (κ2) is 8.49. The normalized spacial score (nSPS) is 13.5. The highest BCUT2D eigenvalue weighted by Crippen LogP contribution is 2.15. The Balaban J connectivity index is 2.19. The Kier molecular flexibility index (Phi) is 6.59. The number of carbonyl (C=O) groups is 1. The highest BCUT2D eigenvalue weighted by Gasteiger charge is 2.18. The van der Waals surface area contributed by atoms with E-state index >= 15 is 0 Å². The molecule has 0 bridgehead atoms. The van der Waals surface area contributed by atoms with Crippen molar-refractivity contribution in [3.05, 3.63) is 49.4 Å². The molecule has 0 amide bonds. The Hall–Kier alpha value is -2.14. The summed E-state index contributed by atoms with van der Waals surface area (Å²) in [6.45, 7) is 10.6. The number of Topliss-reactive ketones (excluding diaryl/α,β-unsaturated/α-hetero) is 1. The summed E-state index contributed by atoms with van der Waals surface area (Å²) in [5, 5.41) is 0. The number of benzene rings is 1.